The Morgan fingerprint density at radius 2 is 2.07 bits per heavy atom. The number of likely N-dealkylation sites (tertiary alicyclic amines) is 1. The molecular weight excluding hydrogens is 186 g/mol. The van der Waals surface area contributed by atoms with Crippen LogP contribution in [0.4, 0.5) is 0 Å². The quantitative estimate of drug-likeness (QED) is 0.605. The number of nitrogens with zero attached hydrogens (tertiary/aromatic N) is 1. The largest absolute Gasteiger partial charge is 0.302 e. The van der Waals surface area contributed by atoms with E-state index in [4.69, 9.17) is 0 Å². The van der Waals surface area contributed by atoms with Gasteiger partial charge < -0.3 is 4.90 Å². The fourth-order valence-corrected chi connectivity index (χ4v) is 4.32. The Morgan fingerprint density at radius 3 is 2.87 bits per heavy atom. The topological polar surface area (TPSA) is 20.3 Å². The number of rotatable bonds is 0. The Balaban J connectivity index is 1.90. The smallest absolute Gasteiger partial charge is 0.137 e. The van der Waals surface area contributed by atoms with Crippen molar-refractivity contribution in [3.63, 3.8) is 0 Å². The molecule has 1 heterocycles. The molecule has 0 unspecified atom stereocenters. The molecule has 3 aliphatic rings. The summed E-state index contributed by atoms with van der Waals surface area (Å²) in [6, 6.07) is 0.781. The normalized spacial score (nSPS) is 50.5. The molecule has 3 rings (SSSR count). The molecule has 2 nitrogen and oxygen atoms in total. The van der Waals surface area contributed by atoms with Gasteiger partial charge in [0.25, 0.3) is 0 Å². The first kappa shape index (κ1) is 9.83. The van der Waals surface area contributed by atoms with E-state index in [1.165, 1.54) is 19.3 Å². The molecule has 2 bridgehead atoms. The van der Waals surface area contributed by atoms with Gasteiger partial charge >= 0.3 is 0 Å². The molecule has 0 spiro atoms. The molecule has 0 radical (unpaired) electrons. The van der Waals surface area contributed by atoms with E-state index >= 15 is 0 Å². The maximum atomic E-state index is 11.9. The lowest BCUT2D eigenvalue weighted by Gasteiger charge is -2.53. The van der Waals surface area contributed by atoms with Crippen LogP contribution in [0.5, 0.6) is 0 Å². The second kappa shape index (κ2) is 3.31. The van der Waals surface area contributed by atoms with E-state index in [9.17, 15) is 4.79 Å². The summed E-state index contributed by atoms with van der Waals surface area (Å²) in [6.07, 6.45) is 4.75. The molecule has 5 atom stereocenters. The van der Waals surface area contributed by atoms with Crippen LogP contribution in [0.2, 0.25) is 0 Å². The lowest BCUT2D eigenvalue weighted by Crippen LogP contribution is -2.56. The predicted molar refractivity (Wildman–Crippen MR) is 59.5 cm³/mol. The molecule has 0 N–H and O–H groups in total. The molecule has 1 saturated heterocycles. The minimum atomic E-state index is 0.376. The Kier molecular flexibility index (Phi) is 2.17. The number of Topliss-reactive ketones (excluding diaryl/α,β-unsaturated/α-hetero) is 1. The van der Waals surface area contributed by atoms with Crippen LogP contribution in [0.1, 0.15) is 32.6 Å². The van der Waals surface area contributed by atoms with Crippen molar-refractivity contribution in [2.75, 3.05) is 13.6 Å². The van der Waals surface area contributed by atoms with Gasteiger partial charge in [-0.05, 0) is 44.1 Å². The van der Waals surface area contributed by atoms with Crippen LogP contribution in [-0.4, -0.2) is 30.3 Å². The molecule has 1 aliphatic heterocycles. The van der Waals surface area contributed by atoms with E-state index in [1.807, 2.05) is 0 Å². The summed E-state index contributed by atoms with van der Waals surface area (Å²) in [6.45, 7) is 3.38. The van der Waals surface area contributed by atoms with E-state index in [1.54, 1.807) is 0 Å². The summed E-state index contributed by atoms with van der Waals surface area (Å²) in [5, 5.41) is 0. The number of fused-ring (bicyclic) bond motifs is 1. The fraction of sp³-hybridized carbons (Fsp3) is 0.923. The zero-order chi connectivity index (χ0) is 10.6. The summed E-state index contributed by atoms with van der Waals surface area (Å²) in [5.41, 5.74) is 0. The number of piperidine rings is 1. The molecule has 15 heavy (non-hydrogen) atoms. The van der Waals surface area contributed by atoms with E-state index in [-0.39, 0.29) is 0 Å². The van der Waals surface area contributed by atoms with Crippen LogP contribution in [0, 0.1) is 23.7 Å². The van der Waals surface area contributed by atoms with Crippen LogP contribution in [-0.2, 0) is 4.79 Å². The van der Waals surface area contributed by atoms with Gasteiger partial charge in [-0.15, -0.1) is 0 Å². The Labute approximate surface area is 92.0 Å². The SMILES string of the molecule is C[C@@H]1C[C@H]2CC(=O)[C@@H]3C[C@H]2[C@H](C1)N(C)C3. The Hall–Kier alpha value is -0.370. The number of hydrogen-bond acceptors (Lipinski definition) is 2. The molecule has 84 valence electrons. The fourth-order valence-electron chi connectivity index (χ4n) is 4.32. The van der Waals surface area contributed by atoms with Gasteiger partial charge in [0.2, 0.25) is 0 Å². The molecule has 3 fully saturated rings. The van der Waals surface area contributed by atoms with Gasteiger partial charge in [0.1, 0.15) is 5.78 Å². The number of hydrogen-bond donors (Lipinski definition) is 0. The number of carbonyl (C=O) groups is 1. The predicted octanol–water partition coefficient (Wildman–Crippen LogP) is 1.94. The molecule has 2 saturated carbocycles. The molecule has 0 amide bonds. The van der Waals surface area contributed by atoms with E-state index in [0.29, 0.717) is 17.6 Å². The third kappa shape index (κ3) is 1.45. The molecule has 2 aliphatic carbocycles. The number of carbonyl (C=O) groups excluding carboxylic acids is 1. The first-order chi connectivity index (χ1) is 7.15. The van der Waals surface area contributed by atoms with Gasteiger partial charge in [-0.3, -0.25) is 4.79 Å². The summed E-state index contributed by atoms with van der Waals surface area (Å²) >= 11 is 0. The minimum Gasteiger partial charge on any atom is -0.302 e. The highest BCUT2D eigenvalue weighted by Gasteiger charge is 2.48. The third-order valence-electron chi connectivity index (χ3n) is 5.00. The summed E-state index contributed by atoms with van der Waals surface area (Å²) in [7, 11) is 2.22. The summed E-state index contributed by atoms with van der Waals surface area (Å²) in [5.74, 6) is 3.30. The van der Waals surface area contributed by atoms with Crippen LogP contribution in [0.15, 0.2) is 0 Å². The van der Waals surface area contributed by atoms with Crippen LogP contribution in [0.3, 0.4) is 0 Å². The van der Waals surface area contributed by atoms with Gasteiger partial charge in [-0.2, -0.15) is 0 Å². The average molecular weight is 207 g/mol. The molecule has 0 aromatic rings. The average Bonchev–Trinajstić information content (AvgIpc) is 2.18. The lowest BCUT2D eigenvalue weighted by molar-refractivity contribution is -0.136. The van der Waals surface area contributed by atoms with Crippen LogP contribution >= 0.6 is 0 Å². The second-order valence-corrected chi connectivity index (χ2v) is 6.11. The van der Waals surface area contributed by atoms with Gasteiger partial charge in [0.15, 0.2) is 0 Å². The van der Waals surface area contributed by atoms with E-state index in [2.05, 4.69) is 18.9 Å². The zero-order valence-electron chi connectivity index (χ0n) is 9.78. The zero-order valence-corrected chi connectivity index (χ0v) is 9.78. The van der Waals surface area contributed by atoms with Crippen LogP contribution < -0.4 is 0 Å². The maximum absolute atomic E-state index is 11.9. The molecule has 0 aromatic heterocycles. The number of ketones is 1. The highest BCUT2D eigenvalue weighted by Crippen LogP contribution is 2.47. The van der Waals surface area contributed by atoms with Crippen molar-refractivity contribution in [2.24, 2.45) is 23.7 Å². The monoisotopic (exact) mass is 207 g/mol. The molecule has 2 heteroatoms. The van der Waals surface area contributed by atoms with Crippen LogP contribution in [0.25, 0.3) is 0 Å². The minimum absolute atomic E-state index is 0.376. The standard InChI is InChI=1S/C13H21NO/c1-8-3-9-6-13(15)10-5-11(9)12(4-8)14(2)7-10/h8-12H,3-7H2,1-2H3/t8-,9+,10-,11-,12+/m1/s1. The highest BCUT2D eigenvalue weighted by atomic mass is 16.1. The first-order valence-corrected chi connectivity index (χ1v) is 6.38. The second-order valence-electron chi connectivity index (χ2n) is 6.11. The van der Waals surface area contributed by atoms with Crippen molar-refractivity contribution >= 4 is 5.78 Å². The molecular formula is C13H21NO. The van der Waals surface area contributed by atoms with Crippen molar-refractivity contribution in [1.82, 2.24) is 4.90 Å². The summed E-state index contributed by atoms with van der Waals surface area (Å²) in [4.78, 5) is 14.4. The Bertz CT molecular complexity index is 288. The van der Waals surface area contributed by atoms with E-state index in [0.717, 1.165) is 30.8 Å². The van der Waals surface area contributed by atoms with Crippen molar-refractivity contribution in [3.8, 4) is 0 Å². The highest BCUT2D eigenvalue weighted by molar-refractivity contribution is 5.82. The lowest BCUT2D eigenvalue weighted by atomic mass is 9.60. The van der Waals surface area contributed by atoms with Gasteiger partial charge in [-0.1, -0.05) is 6.92 Å². The van der Waals surface area contributed by atoms with Crippen molar-refractivity contribution in [1.29, 1.82) is 0 Å². The summed E-state index contributed by atoms with van der Waals surface area (Å²) < 4.78 is 0. The maximum Gasteiger partial charge on any atom is 0.137 e. The van der Waals surface area contributed by atoms with Gasteiger partial charge in [-0.25, -0.2) is 0 Å². The van der Waals surface area contributed by atoms with E-state index < -0.39 is 0 Å². The van der Waals surface area contributed by atoms with Gasteiger partial charge in [0, 0.05) is 24.9 Å². The van der Waals surface area contributed by atoms with Crippen molar-refractivity contribution in [3.05, 3.63) is 0 Å². The van der Waals surface area contributed by atoms with Crippen molar-refractivity contribution < 1.29 is 4.79 Å². The van der Waals surface area contributed by atoms with Gasteiger partial charge in [0.05, 0.1) is 0 Å². The molecule has 0 aromatic carbocycles. The Morgan fingerprint density at radius 1 is 1.27 bits per heavy atom. The van der Waals surface area contributed by atoms with Crippen molar-refractivity contribution in [2.45, 2.75) is 38.6 Å². The third-order valence-corrected chi connectivity index (χ3v) is 5.00. The first-order valence-electron chi connectivity index (χ1n) is 6.38.